The molecule has 0 fully saturated rings. The molecule has 0 unspecified atom stereocenters. The van der Waals surface area contributed by atoms with Crippen LogP contribution in [-0.4, -0.2) is 26.7 Å². The second kappa shape index (κ2) is 7.46. The predicted molar refractivity (Wildman–Crippen MR) is 102 cm³/mol. The molecule has 0 aliphatic heterocycles. The van der Waals surface area contributed by atoms with Gasteiger partial charge in [-0.05, 0) is 35.9 Å². The zero-order valence-electron chi connectivity index (χ0n) is 15.1. The first-order valence-electron chi connectivity index (χ1n) is 8.53. The fourth-order valence-corrected chi connectivity index (χ4v) is 3.20. The normalized spacial score (nSPS) is 11.9. The van der Waals surface area contributed by atoms with Gasteiger partial charge in [0, 0.05) is 30.1 Å². The van der Waals surface area contributed by atoms with Gasteiger partial charge in [0.15, 0.2) is 11.3 Å². The van der Waals surface area contributed by atoms with E-state index in [2.05, 4.69) is 15.1 Å². The Morgan fingerprint density at radius 2 is 1.86 bits per heavy atom. The van der Waals surface area contributed by atoms with Crippen molar-refractivity contribution in [2.24, 2.45) is 0 Å². The van der Waals surface area contributed by atoms with Crippen molar-refractivity contribution in [1.29, 1.82) is 0 Å². The van der Waals surface area contributed by atoms with E-state index in [0.717, 1.165) is 10.6 Å². The minimum atomic E-state index is -4.63. The molecule has 0 N–H and O–H groups in total. The molecule has 4 rings (SSSR count). The monoisotopic (exact) mass is 418 g/mol. The summed E-state index contributed by atoms with van der Waals surface area (Å²) in [5.74, 6) is 0. The third-order valence-electron chi connectivity index (χ3n) is 4.32. The molecule has 0 saturated carbocycles. The molecular formula is C20H14ClF3N4O. The van der Waals surface area contributed by atoms with Gasteiger partial charge in [-0.3, -0.25) is 4.98 Å². The van der Waals surface area contributed by atoms with Crippen LogP contribution in [0, 0.1) is 0 Å². The fourth-order valence-electron chi connectivity index (χ4n) is 3.08. The highest BCUT2D eigenvalue weighted by Gasteiger charge is 2.36. The first-order chi connectivity index (χ1) is 13.9. The van der Waals surface area contributed by atoms with Gasteiger partial charge in [-0.25, -0.2) is 9.50 Å². The van der Waals surface area contributed by atoms with Crippen molar-refractivity contribution in [3.8, 4) is 22.4 Å². The number of pyridine rings is 1. The number of fused-ring (bicyclic) bond motifs is 1. The molecule has 0 radical (unpaired) electrons. The Kier molecular flexibility index (Phi) is 4.97. The molecule has 0 spiro atoms. The summed E-state index contributed by atoms with van der Waals surface area (Å²) < 4.78 is 47.5. The average Bonchev–Trinajstić information content (AvgIpc) is 3.06. The summed E-state index contributed by atoms with van der Waals surface area (Å²) in [5, 5.41) is 4.68. The van der Waals surface area contributed by atoms with Gasteiger partial charge in [0.1, 0.15) is 0 Å². The van der Waals surface area contributed by atoms with Crippen LogP contribution in [-0.2, 0) is 17.5 Å². The minimum Gasteiger partial charge on any atom is -0.378 e. The van der Waals surface area contributed by atoms with Gasteiger partial charge in [-0.15, -0.1) is 0 Å². The zero-order valence-corrected chi connectivity index (χ0v) is 15.9. The van der Waals surface area contributed by atoms with Crippen LogP contribution in [0.3, 0.4) is 0 Å². The Labute approximate surface area is 168 Å². The van der Waals surface area contributed by atoms with Crippen LogP contribution in [0.15, 0.2) is 54.9 Å². The largest absolute Gasteiger partial charge is 0.433 e. The van der Waals surface area contributed by atoms with E-state index < -0.39 is 11.9 Å². The number of alkyl halides is 3. The van der Waals surface area contributed by atoms with Crippen LogP contribution in [0.1, 0.15) is 11.4 Å². The quantitative estimate of drug-likeness (QED) is 0.452. The highest BCUT2D eigenvalue weighted by atomic mass is 35.5. The van der Waals surface area contributed by atoms with Crippen molar-refractivity contribution in [3.05, 3.63) is 71.3 Å². The standard InChI is InChI=1S/C20H14ClF3N4O/c1-29-11-16-18(12-4-6-14(21)7-5-12)19-26-15(13-3-2-8-25-10-13)9-17(20(22,23)24)28(19)27-16/h2-10H,11H2,1H3. The van der Waals surface area contributed by atoms with E-state index in [4.69, 9.17) is 16.3 Å². The van der Waals surface area contributed by atoms with Gasteiger partial charge < -0.3 is 4.74 Å². The third kappa shape index (κ3) is 3.68. The number of methoxy groups -OCH3 is 1. The molecular weight excluding hydrogens is 405 g/mol. The van der Waals surface area contributed by atoms with Gasteiger partial charge >= 0.3 is 6.18 Å². The Morgan fingerprint density at radius 1 is 1.10 bits per heavy atom. The minimum absolute atomic E-state index is 0.0286. The molecule has 0 aliphatic carbocycles. The number of rotatable bonds is 4. The van der Waals surface area contributed by atoms with Crippen molar-refractivity contribution in [2.75, 3.05) is 7.11 Å². The van der Waals surface area contributed by atoms with Crippen LogP contribution in [0.5, 0.6) is 0 Å². The summed E-state index contributed by atoms with van der Waals surface area (Å²) in [6.45, 7) is 0.0286. The lowest BCUT2D eigenvalue weighted by Gasteiger charge is -2.11. The molecule has 0 aliphatic rings. The lowest BCUT2D eigenvalue weighted by atomic mass is 10.1. The van der Waals surface area contributed by atoms with Crippen LogP contribution < -0.4 is 0 Å². The van der Waals surface area contributed by atoms with Crippen LogP contribution in [0.2, 0.25) is 5.02 Å². The summed E-state index contributed by atoms with van der Waals surface area (Å²) in [7, 11) is 1.45. The lowest BCUT2D eigenvalue weighted by Crippen LogP contribution is -2.14. The lowest BCUT2D eigenvalue weighted by molar-refractivity contribution is -0.142. The van der Waals surface area contributed by atoms with Gasteiger partial charge in [-0.2, -0.15) is 18.3 Å². The number of benzene rings is 1. The van der Waals surface area contributed by atoms with Crippen molar-refractivity contribution in [3.63, 3.8) is 0 Å². The molecule has 4 aromatic rings. The highest BCUT2D eigenvalue weighted by molar-refractivity contribution is 6.30. The molecule has 0 bridgehead atoms. The maximum absolute atomic E-state index is 13.8. The van der Waals surface area contributed by atoms with Crippen LogP contribution in [0.25, 0.3) is 28.0 Å². The summed E-state index contributed by atoms with van der Waals surface area (Å²) in [6.07, 6.45) is -1.62. The average molecular weight is 419 g/mol. The maximum Gasteiger partial charge on any atom is 0.433 e. The molecule has 29 heavy (non-hydrogen) atoms. The maximum atomic E-state index is 13.8. The third-order valence-corrected chi connectivity index (χ3v) is 4.58. The number of hydrogen-bond donors (Lipinski definition) is 0. The number of hydrogen-bond acceptors (Lipinski definition) is 4. The van der Waals surface area contributed by atoms with E-state index in [-0.39, 0.29) is 17.9 Å². The van der Waals surface area contributed by atoms with Crippen molar-refractivity contribution < 1.29 is 17.9 Å². The van der Waals surface area contributed by atoms with E-state index in [9.17, 15) is 13.2 Å². The molecule has 0 amide bonds. The van der Waals surface area contributed by atoms with E-state index in [1.165, 1.54) is 13.3 Å². The predicted octanol–water partition coefficient (Wildman–Crippen LogP) is 5.28. The number of halogens is 4. The summed E-state index contributed by atoms with van der Waals surface area (Å²) >= 11 is 5.97. The smallest absolute Gasteiger partial charge is 0.378 e. The molecule has 148 valence electrons. The second-order valence-electron chi connectivity index (χ2n) is 6.26. The Balaban J connectivity index is 2.07. The Morgan fingerprint density at radius 3 is 2.48 bits per heavy atom. The molecule has 0 saturated heterocycles. The van der Waals surface area contributed by atoms with E-state index >= 15 is 0 Å². The van der Waals surface area contributed by atoms with Crippen molar-refractivity contribution in [1.82, 2.24) is 19.6 Å². The van der Waals surface area contributed by atoms with Crippen LogP contribution in [0.4, 0.5) is 13.2 Å². The van der Waals surface area contributed by atoms with E-state index in [0.29, 0.717) is 27.4 Å². The van der Waals surface area contributed by atoms with Gasteiger partial charge in [0.2, 0.25) is 0 Å². The molecule has 9 heteroatoms. The number of nitrogens with zero attached hydrogens (tertiary/aromatic N) is 4. The zero-order chi connectivity index (χ0) is 20.6. The molecule has 0 atom stereocenters. The first-order valence-corrected chi connectivity index (χ1v) is 8.91. The van der Waals surface area contributed by atoms with Gasteiger partial charge in [-0.1, -0.05) is 23.7 Å². The van der Waals surface area contributed by atoms with Gasteiger partial charge in [0.25, 0.3) is 0 Å². The van der Waals surface area contributed by atoms with Crippen molar-refractivity contribution in [2.45, 2.75) is 12.8 Å². The number of aromatic nitrogens is 4. The Bertz CT molecular complexity index is 1160. The highest BCUT2D eigenvalue weighted by Crippen LogP contribution is 2.36. The molecule has 3 aromatic heterocycles. The van der Waals surface area contributed by atoms with E-state index in [1.807, 2.05) is 0 Å². The molecule has 5 nitrogen and oxygen atoms in total. The SMILES string of the molecule is COCc1nn2c(C(F)(F)F)cc(-c3cccnc3)nc2c1-c1ccc(Cl)cc1. The van der Waals surface area contributed by atoms with E-state index in [1.54, 1.807) is 42.6 Å². The van der Waals surface area contributed by atoms with Gasteiger partial charge in [0.05, 0.1) is 23.6 Å². The first kappa shape index (κ1) is 19.4. The summed E-state index contributed by atoms with van der Waals surface area (Å²) in [4.78, 5) is 8.47. The summed E-state index contributed by atoms with van der Waals surface area (Å²) in [6, 6.07) is 11.0. The second-order valence-corrected chi connectivity index (χ2v) is 6.70. The van der Waals surface area contributed by atoms with Crippen molar-refractivity contribution >= 4 is 17.2 Å². The fraction of sp³-hybridized carbons (Fsp3) is 0.150. The summed E-state index contributed by atoms with van der Waals surface area (Å²) in [5.41, 5.74) is 1.21. The topological polar surface area (TPSA) is 52.3 Å². The molecule has 1 aromatic carbocycles. The molecule has 3 heterocycles. The Hall–Kier alpha value is -2.97. The van der Waals surface area contributed by atoms with Crippen LogP contribution >= 0.6 is 11.6 Å². The number of ether oxygens (including phenoxy) is 1.